The van der Waals surface area contributed by atoms with Crippen LogP contribution in [-0.4, -0.2) is 18.9 Å². The van der Waals surface area contributed by atoms with Crippen molar-refractivity contribution in [2.75, 3.05) is 4.43 Å². The van der Waals surface area contributed by atoms with E-state index in [-0.39, 0.29) is 6.04 Å². The van der Waals surface area contributed by atoms with Crippen LogP contribution in [0.15, 0.2) is 16.3 Å². The van der Waals surface area contributed by atoms with Crippen LogP contribution in [0.5, 0.6) is 0 Å². The summed E-state index contributed by atoms with van der Waals surface area (Å²) < 4.78 is 28.0. The first kappa shape index (κ1) is 14.4. The zero-order valence-corrected chi connectivity index (χ0v) is 13.3. The summed E-state index contributed by atoms with van der Waals surface area (Å²) >= 11 is 3.51. The van der Waals surface area contributed by atoms with Gasteiger partial charge in [-0.15, -0.1) is 11.3 Å². The quantitative estimate of drug-likeness (QED) is 0.637. The SMILES string of the molecule is Cc1ccc(S(=O)(=O)NC(CI)C(C)C)s1. The highest BCUT2D eigenvalue weighted by Crippen LogP contribution is 2.21. The molecule has 0 saturated carbocycles. The predicted molar refractivity (Wildman–Crippen MR) is 76.9 cm³/mol. The highest BCUT2D eigenvalue weighted by molar-refractivity contribution is 14.1. The molecule has 0 aromatic carbocycles. The van der Waals surface area contributed by atoms with Crippen molar-refractivity contribution in [2.24, 2.45) is 5.92 Å². The molecule has 16 heavy (non-hydrogen) atoms. The Morgan fingerprint density at radius 1 is 1.44 bits per heavy atom. The number of alkyl halides is 1. The van der Waals surface area contributed by atoms with Crippen LogP contribution in [0.1, 0.15) is 18.7 Å². The monoisotopic (exact) mass is 373 g/mol. The minimum absolute atomic E-state index is 0.00648. The van der Waals surface area contributed by atoms with E-state index in [1.54, 1.807) is 6.07 Å². The summed E-state index contributed by atoms with van der Waals surface area (Å²) in [5, 5.41) is 0. The molecule has 0 spiro atoms. The third kappa shape index (κ3) is 3.68. The van der Waals surface area contributed by atoms with E-state index in [4.69, 9.17) is 0 Å². The maximum absolute atomic E-state index is 12.0. The Morgan fingerprint density at radius 3 is 2.44 bits per heavy atom. The molecule has 0 fully saturated rings. The summed E-state index contributed by atoms with van der Waals surface area (Å²) in [7, 11) is -3.33. The van der Waals surface area contributed by atoms with Gasteiger partial charge in [0.05, 0.1) is 0 Å². The van der Waals surface area contributed by atoms with E-state index >= 15 is 0 Å². The number of sulfonamides is 1. The van der Waals surface area contributed by atoms with Crippen molar-refractivity contribution in [2.45, 2.75) is 31.0 Å². The van der Waals surface area contributed by atoms with Crippen LogP contribution in [0.25, 0.3) is 0 Å². The molecule has 1 aromatic heterocycles. The summed E-state index contributed by atoms with van der Waals surface area (Å²) in [5.41, 5.74) is 0. The summed E-state index contributed by atoms with van der Waals surface area (Å²) in [6.45, 7) is 5.94. The van der Waals surface area contributed by atoms with Gasteiger partial charge in [0.15, 0.2) is 0 Å². The second kappa shape index (κ2) is 5.79. The van der Waals surface area contributed by atoms with Gasteiger partial charge in [-0.3, -0.25) is 0 Å². The lowest BCUT2D eigenvalue weighted by atomic mass is 10.1. The molecule has 1 aromatic rings. The van der Waals surface area contributed by atoms with Crippen LogP contribution >= 0.6 is 33.9 Å². The van der Waals surface area contributed by atoms with Gasteiger partial charge in [0, 0.05) is 15.3 Å². The van der Waals surface area contributed by atoms with Crippen molar-refractivity contribution in [3.05, 3.63) is 17.0 Å². The third-order valence-electron chi connectivity index (χ3n) is 2.26. The van der Waals surface area contributed by atoms with E-state index in [9.17, 15) is 8.42 Å². The Bertz CT molecular complexity index is 439. The molecule has 0 radical (unpaired) electrons. The zero-order valence-electron chi connectivity index (χ0n) is 9.53. The topological polar surface area (TPSA) is 46.2 Å². The van der Waals surface area contributed by atoms with E-state index in [1.165, 1.54) is 11.3 Å². The Kier molecular flexibility index (Phi) is 5.21. The number of hydrogen-bond donors (Lipinski definition) is 1. The first-order chi connectivity index (χ1) is 7.36. The van der Waals surface area contributed by atoms with Crippen LogP contribution in [-0.2, 0) is 10.0 Å². The van der Waals surface area contributed by atoms with E-state index < -0.39 is 10.0 Å². The number of nitrogens with one attached hydrogen (secondary N) is 1. The second-order valence-corrected chi connectivity index (χ2v) is 8.10. The van der Waals surface area contributed by atoms with Gasteiger partial charge >= 0.3 is 0 Å². The van der Waals surface area contributed by atoms with Gasteiger partial charge in [0.1, 0.15) is 4.21 Å². The van der Waals surface area contributed by atoms with E-state index in [1.807, 2.05) is 26.8 Å². The molecule has 92 valence electrons. The van der Waals surface area contributed by atoms with Crippen LogP contribution in [0.2, 0.25) is 0 Å². The van der Waals surface area contributed by atoms with Crippen molar-refractivity contribution in [3.63, 3.8) is 0 Å². The first-order valence-electron chi connectivity index (χ1n) is 5.01. The van der Waals surface area contributed by atoms with Gasteiger partial charge in [-0.1, -0.05) is 36.4 Å². The van der Waals surface area contributed by atoms with Crippen LogP contribution in [0.4, 0.5) is 0 Å². The number of rotatable bonds is 5. The summed E-state index contributed by atoms with van der Waals surface area (Å²) in [6, 6.07) is 3.48. The lowest BCUT2D eigenvalue weighted by molar-refractivity contribution is 0.487. The van der Waals surface area contributed by atoms with Gasteiger partial charge in [-0.05, 0) is 25.0 Å². The van der Waals surface area contributed by atoms with Crippen molar-refractivity contribution in [1.82, 2.24) is 4.72 Å². The molecular weight excluding hydrogens is 357 g/mol. The largest absolute Gasteiger partial charge is 0.250 e. The predicted octanol–water partition coefficient (Wildman–Crippen LogP) is 2.79. The minimum Gasteiger partial charge on any atom is -0.206 e. The summed E-state index contributed by atoms with van der Waals surface area (Å²) in [6.07, 6.45) is 0. The van der Waals surface area contributed by atoms with Gasteiger partial charge < -0.3 is 0 Å². The van der Waals surface area contributed by atoms with E-state index in [0.29, 0.717) is 10.1 Å². The molecule has 0 aliphatic rings. The number of hydrogen-bond acceptors (Lipinski definition) is 3. The average molecular weight is 373 g/mol. The highest BCUT2D eigenvalue weighted by atomic mass is 127. The maximum atomic E-state index is 12.0. The fourth-order valence-corrected chi connectivity index (χ4v) is 5.38. The minimum atomic E-state index is -3.33. The first-order valence-corrected chi connectivity index (χ1v) is 8.84. The Morgan fingerprint density at radius 2 is 2.06 bits per heavy atom. The Labute approximate surface area is 115 Å². The molecule has 1 rings (SSSR count). The molecule has 1 heterocycles. The fraction of sp³-hybridized carbons (Fsp3) is 0.600. The Hall–Kier alpha value is 0.340. The van der Waals surface area contributed by atoms with Crippen LogP contribution < -0.4 is 4.72 Å². The Balaban J connectivity index is 2.87. The molecular formula is C10H16INO2S2. The fourth-order valence-electron chi connectivity index (χ4n) is 1.16. The maximum Gasteiger partial charge on any atom is 0.250 e. The van der Waals surface area contributed by atoms with Crippen LogP contribution in [0, 0.1) is 12.8 Å². The molecule has 0 amide bonds. The summed E-state index contributed by atoms with van der Waals surface area (Å²) in [4.78, 5) is 1.01. The molecule has 0 aliphatic carbocycles. The van der Waals surface area contributed by atoms with Gasteiger partial charge in [0.2, 0.25) is 10.0 Å². The molecule has 1 atom stereocenters. The van der Waals surface area contributed by atoms with Crippen molar-refractivity contribution in [1.29, 1.82) is 0 Å². The lowest BCUT2D eigenvalue weighted by Crippen LogP contribution is -2.39. The lowest BCUT2D eigenvalue weighted by Gasteiger charge is -2.19. The zero-order chi connectivity index (χ0) is 12.3. The van der Waals surface area contributed by atoms with Gasteiger partial charge in [0.25, 0.3) is 0 Å². The third-order valence-corrected chi connectivity index (χ3v) is 6.19. The van der Waals surface area contributed by atoms with Gasteiger partial charge in [-0.25, -0.2) is 13.1 Å². The number of aryl methyl sites for hydroxylation is 1. The molecule has 0 bridgehead atoms. The number of halogens is 1. The summed E-state index contributed by atoms with van der Waals surface area (Å²) in [5.74, 6) is 0.299. The van der Waals surface area contributed by atoms with Crippen molar-refractivity contribution in [3.8, 4) is 0 Å². The highest BCUT2D eigenvalue weighted by Gasteiger charge is 2.22. The van der Waals surface area contributed by atoms with Crippen LogP contribution in [0.3, 0.4) is 0 Å². The second-order valence-electron chi connectivity index (χ2n) is 3.99. The van der Waals surface area contributed by atoms with Gasteiger partial charge in [-0.2, -0.15) is 0 Å². The normalized spacial score (nSPS) is 14.3. The van der Waals surface area contributed by atoms with E-state index in [2.05, 4.69) is 27.3 Å². The molecule has 1 unspecified atom stereocenters. The molecule has 0 aliphatic heterocycles. The molecule has 1 N–H and O–H groups in total. The standard InChI is InChI=1S/C10H16INO2S2/c1-7(2)9(6-11)12-16(13,14)10-5-4-8(3)15-10/h4-5,7,9,12H,6H2,1-3H3. The smallest absolute Gasteiger partial charge is 0.206 e. The molecule has 0 saturated heterocycles. The average Bonchev–Trinajstić information content (AvgIpc) is 2.61. The van der Waals surface area contributed by atoms with Crippen molar-refractivity contribution >= 4 is 44.0 Å². The van der Waals surface area contributed by atoms with Crippen molar-refractivity contribution < 1.29 is 8.42 Å². The van der Waals surface area contributed by atoms with E-state index in [0.717, 1.165) is 9.30 Å². The molecule has 6 heteroatoms. The molecule has 3 nitrogen and oxygen atoms in total. The number of thiophene rings is 1.